The van der Waals surface area contributed by atoms with Crippen molar-refractivity contribution in [2.45, 2.75) is 53.2 Å². The van der Waals surface area contributed by atoms with Crippen LogP contribution in [0.25, 0.3) is 16.8 Å². The first-order chi connectivity index (χ1) is 18.8. The van der Waals surface area contributed by atoms with Gasteiger partial charge in [-0.05, 0) is 37.6 Å². The highest BCUT2D eigenvalue weighted by atomic mass is 19.2. The largest absolute Gasteiger partial charge is 0.504 e. The Morgan fingerprint density at radius 3 is 2.48 bits per heavy atom. The molecule has 0 radical (unpaired) electrons. The first-order valence-corrected chi connectivity index (χ1v) is 12.7. The molecule has 40 heavy (non-hydrogen) atoms. The number of nitrogens with zero attached hydrogens (tertiary/aromatic N) is 4. The maximum atomic E-state index is 15.2. The second-order valence-electron chi connectivity index (χ2n) is 10.8. The van der Waals surface area contributed by atoms with Gasteiger partial charge in [0, 0.05) is 48.1 Å². The number of aliphatic hydroxyl groups is 1. The molecular formula is C28H37F2N5O5. The number of halogens is 2. The molecule has 218 valence electrons. The van der Waals surface area contributed by atoms with E-state index in [0.717, 1.165) is 23.0 Å². The molecule has 3 aromatic heterocycles. The fourth-order valence-electron chi connectivity index (χ4n) is 4.64. The molecule has 4 rings (SSSR count). The van der Waals surface area contributed by atoms with Crippen molar-refractivity contribution in [3.05, 3.63) is 64.9 Å². The van der Waals surface area contributed by atoms with E-state index in [2.05, 4.69) is 15.4 Å². The lowest BCUT2D eigenvalue weighted by atomic mass is 9.84. The van der Waals surface area contributed by atoms with Gasteiger partial charge >= 0.3 is 0 Å². The molecule has 0 aliphatic rings. The summed E-state index contributed by atoms with van der Waals surface area (Å²) in [7, 11) is 3.60. The summed E-state index contributed by atoms with van der Waals surface area (Å²) in [5.74, 6) is -2.81. The van der Waals surface area contributed by atoms with Gasteiger partial charge in [-0.2, -0.15) is 9.49 Å². The quantitative estimate of drug-likeness (QED) is 0.149. The molecule has 0 amide bonds. The van der Waals surface area contributed by atoms with Crippen molar-refractivity contribution in [2.75, 3.05) is 13.7 Å². The lowest BCUT2D eigenvalue weighted by Crippen LogP contribution is -2.21. The highest BCUT2D eigenvalue weighted by Crippen LogP contribution is 2.39. The standard InChI is InChI=1S/C28H35F2N5O3.H2O2/c1-15(22-16(2)34(7)33-24(22)26(37)28(3,4)5)14-38-25-19(8-9-20(29)23(25)30)17-10-21(36)27-32-12-18(11-31-6)35(27)13-17;1-2/h8-10,12-13,15,26,31,36-37H,11,14H2,1-7H3;1-2H. The molecule has 0 aliphatic heterocycles. The number of aromatic hydroxyl groups is 1. The van der Waals surface area contributed by atoms with Crippen LogP contribution in [-0.2, 0) is 13.6 Å². The second kappa shape index (κ2) is 12.3. The summed E-state index contributed by atoms with van der Waals surface area (Å²) in [5, 5.41) is 41.2. The van der Waals surface area contributed by atoms with Crippen LogP contribution in [0.4, 0.5) is 8.78 Å². The summed E-state index contributed by atoms with van der Waals surface area (Å²) in [5.41, 5.74) is 3.63. The zero-order valence-corrected chi connectivity index (χ0v) is 23.7. The van der Waals surface area contributed by atoms with Gasteiger partial charge in [0.2, 0.25) is 5.82 Å². The third-order valence-electron chi connectivity index (χ3n) is 6.84. The van der Waals surface area contributed by atoms with Crippen molar-refractivity contribution < 1.29 is 34.2 Å². The van der Waals surface area contributed by atoms with Crippen molar-refractivity contribution in [3.63, 3.8) is 0 Å². The topological polar surface area (TPSA) is 137 Å². The van der Waals surface area contributed by atoms with Gasteiger partial charge < -0.3 is 20.3 Å². The molecule has 0 saturated heterocycles. The van der Waals surface area contributed by atoms with Crippen LogP contribution in [-0.4, -0.2) is 53.5 Å². The van der Waals surface area contributed by atoms with Gasteiger partial charge in [0.25, 0.3) is 0 Å². The first kappa shape index (κ1) is 31.0. The first-order valence-electron chi connectivity index (χ1n) is 12.7. The van der Waals surface area contributed by atoms with E-state index in [1.165, 1.54) is 12.1 Å². The molecular weight excluding hydrogens is 524 g/mol. The Hall–Kier alpha value is -3.58. The molecule has 10 nitrogen and oxygen atoms in total. The minimum absolute atomic E-state index is 0.00801. The van der Waals surface area contributed by atoms with E-state index in [1.807, 2.05) is 34.6 Å². The van der Waals surface area contributed by atoms with E-state index < -0.39 is 23.2 Å². The molecule has 0 spiro atoms. The number of aliphatic hydroxyl groups excluding tert-OH is 1. The van der Waals surface area contributed by atoms with Gasteiger partial charge in [0.15, 0.2) is 23.0 Å². The molecule has 2 atom stereocenters. The van der Waals surface area contributed by atoms with E-state index in [-0.39, 0.29) is 29.6 Å². The Kier molecular flexibility index (Phi) is 9.52. The van der Waals surface area contributed by atoms with E-state index >= 15 is 4.39 Å². The molecule has 2 unspecified atom stereocenters. The Morgan fingerprint density at radius 1 is 1.18 bits per heavy atom. The highest BCUT2D eigenvalue weighted by molar-refractivity contribution is 5.74. The number of hydrogen-bond donors (Lipinski definition) is 5. The number of benzene rings is 1. The zero-order valence-electron chi connectivity index (χ0n) is 23.7. The summed E-state index contributed by atoms with van der Waals surface area (Å²) >= 11 is 0. The van der Waals surface area contributed by atoms with E-state index in [0.29, 0.717) is 23.4 Å². The van der Waals surface area contributed by atoms with Gasteiger partial charge in [0.1, 0.15) is 6.10 Å². The van der Waals surface area contributed by atoms with Gasteiger partial charge in [0.05, 0.1) is 24.2 Å². The molecule has 4 aromatic rings. The van der Waals surface area contributed by atoms with E-state index in [1.54, 1.807) is 35.6 Å². The maximum Gasteiger partial charge on any atom is 0.201 e. The minimum atomic E-state index is -1.12. The fourth-order valence-corrected chi connectivity index (χ4v) is 4.64. The third kappa shape index (κ3) is 5.94. The lowest BCUT2D eigenvalue weighted by molar-refractivity contribution is -0.176. The fraction of sp³-hybridized carbons (Fsp3) is 0.429. The second-order valence-corrected chi connectivity index (χ2v) is 10.8. The van der Waals surface area contributed by atoms with Crippen molar-refractivity contribution >= 4 is 5.65 Å². The van der Waals surface area contributed by atoms with Gasteiger partial charge in [-0.1, -0.05) is 27.7 Å². The van der Waals surface area contributed by atoms with Crippen molar-refractivity contribution in [1.82, 2.24) is 24.5 Å². The molecule has 5 N–H and O–H groups in total. The van der Waals surface area contributed by atoms with Crippen molar-refractivity contribution in [3.8, 4) is 22.6 Å². The number of aromatic nitrogens is 4. The van der Waals surface area contributed by atoms with E-state index in [9.17, 15) is 14.6 Å². The Balaban J connectivity index is 0.00000216. The number of fused-ring (bicyclic) bond motifs is 1. The number of nitrogens with one attached hydrogen (secondary N) is 1. The Bertz CT molecular complexity index is 1480. The van der Waals surface area contributed by atoms with Crippen LogP contribution < -0.4 is 10.1 Å². The van der Waals surface area contributed by atoms with E-state index in [4.69, 9.17) is 15.3 Å². The molecule has 0 bridgehead atoms. The van der Waals surface area contributed by atoms with Crippen LogP contribution in [0.15, 0.2) is 30.6 Å². The number of imidazole rings is 1. The SMILES string of the molecule is CNCc1cnc2c(O)cc(-c3ccc(F)c(F)c3OCC(C)c3c(C(O)C(C)(C)C)nn(C)c3C)cn12.OO. The molecule has 0 fully saturated rings. The van der Waals surface area contributed by atoms with Gasteiger partial charge in [-0.25, -0.2) is 9.37 Å². The smallest absolute Gasteiger partial charge is 0.201 e. The van der Waals surface area contributed by atoms with Crippen LogP contribution in [0.5, 0.6) is 11.5 Å². The highest BCUT2D eigenvalue weighted by Gasteiger charge is 2.32. The molecule has 0 saturated carbocycles. The average molecular weight is 562 g/mol. The normalized spacial score (nSPS) is 13.2. The maximum absolute atomic E-state index is 15.2. The molecule has 0 aliphatic carbocycles. The minimum Gasteiger partial charge on any atom is -0.504 e. The number of aryl methyl sites for hydroxylation is 1. The number of ether oxygens (including phenoxy) is 1. The molecule has 3 heterocycles. The van der Waals surface area contributed by atoms with Crippen LogP contribution >= 0.6 is 0 Å². The summed E-state index contributed by atoms with van der Waals surface area (Å²) < 4.78 is 38.9. The summed E-state index contributed by atoms with van der Waals surface area (Å²) in [6.45, 7) is 10.1. The Morgan fingerprint density at radius 2 is 1.85 bits per heavy atom. The summed E-state index contributed by atoms with van der Waals surface area (Å²) in [6, 6.07) is 3.92. The summed E-state index contributed by atoms with van der Waals surface area (Å²) in [4.78, 5) is 4.25. The van der Waals surface area contributed by atoms with Crippen LogP contribution in [0.1, 0.15) is 62.4 Å². The van der Waals surface area contributed by atoms with Crippen molar-refractivity contribution in [1.29, 1.82) is 0 Å². The molecule has 12 heteroatoms. The number of pyridine rings is 1. The Labute approximate surface area is 231 Å². The van der Waals surface area contributed by atoms with Gasteiger partial charge in [-0.3, -0.25) is 19.6 Å². The monoisotopic (exact) mass is 561 g/mol. The molecule has 1 aromatic carbocycles. The number of rotatable bonds is 8. The van der Waals surface area contributed by atoms with Crippen molar-refractivity contribution in [2.24, 2.45) is 12.5 Å². The summed E-state index contributed by atoms with van der Waals surface area (Å²) in [6.07, 6.45) is 2.53. The van der Waals surface area contributed by atoms with Crippen LogP contribution in [0.3, 0.4) is 0 Å². The number of hydrogen-bond acceptors (Lipinski definition) is 8. The predicted molar refractivity (Wildman–Crippen MR) is 146 cm³/mol. The zero-order chi connectivity index (χ0) is 29.9. The van der Waals surface area contributed by atoms with Crippen LogP contribution in [0.2, 0.25) is 0 Å². The van der Waals surface area contributed by atoms with Crippen LogP contribution in [0, 0.1) is 24.0 Å². The third-order valence-corrected chi connectivity index (χ3v) is 6.84. The lowest BCUT2D eigenvalue weighted by Gasteiger charge is -2.26. The average Bonchev–Trinajstić information content (AvgIpc) is 3.45. The predicted octanol–water partition coefficient (Wildman–Crippen LogP) is 5.03. The van der Waals surface area contributed by atoms with Gasteiger partial charge in [-0.15, -0.1) is 0 Å².